The zero-order valence-corrected chi connectivity index (χ0v) is 12.0. The molecule has 5 heteroatoms. The van der Waals surface area contributed by atoms with Gasteiger partial charge in [0.1, 0.15) is 11.8 Å². The van der Waals surface area contributed by atoms with Crippen LogP contribution in [-0.4, -0.2) is 48.3 Å². The van der Waals surface area contributed by atoms with Gasteiger partial charge in [-0.15, -0.1) is 0 Å². The number of carbonyl (C=O) groups is 1. The summed E-state index contributed by atoms with van der Waals surface area (Å²) in [6.07, 6.45) is 0. The molecule has 1 aliphatic heterocycles. The molecule has 0 amide bonds. The van der Waals surface area contributed by atoms with Gasteiger partial charge >= 0.3 is 5.97 Å². The summed E-state index contributed by atoms with van der Waals surface area (Å²) in [4.78, 5) is 13.8. The van der Waals surface area contributed by atoms with Gasteiger partial charge in [-0.05, 0) is 19.9 Å². The van der Waals surface area contributed by atoms with Gasteiger partial charge in [0, 0.05) is 31.2 Å². The summed E-state index contributed by atoms with van der Waals surface area (Å²) in [6.45, 7) is 6.82. The molecule has 5 nitrogen and oxygen atoms in total. The lowest BCUT2D eigenvalue weighted by Crippen LogP contribution is -2.52. The first-order chi connectivity index (χ1) is 9.65. The lowest BCUT2D eigenvalue weighted by molar-refractivity contribution is -0.145. The maximum atomic E-state index is 11.8. The van der Waals surface area contributed by atoms with E-state index in [4.69, 9.17) is 4.74 Å². The van der Waals surface area contributed by atoms with Gasteiger partial charge in [0.15, 0.2) is 0 Å². The Kier molecular flexibility index (Phi) is 4.98. The van der Waals surface area contributed by atoms with Crippen molar-refractivity contribution in [1.82, 2.24) is 10.2 Å². The van der Waals surface area contributed by atoms with Crippen LogP contribution in [0, 0.1) is 0 Å². The molecule has 1 saturated heterocycles. The van der Waals surface area contributed by atoms with Crippen LogP contribution in [0.5, 0.6) is 5.75 Å². The lowest BCUT2D eigenvalue weighted by Gasteiger charge is -2.38. The Bertz CT molecular complexity index is 464. The van der Waals surface area contributed by atoms with Crippen LogP contribution in [0.2, 0.25) is 0 Å². The molecule has 0 aromatic heterocycles. The Morgan fingerprint density at radius 2 is 2.30 bits per heavy atom. The van der Waals surface area contributed by atoms with Gasteiger partial charge in [0.2, 0.25) is 0 Å². The largest absolute Gasteiger partial charge is 0.494 e. The van der Waals surface area contributed by atoms with E-state index in [1.54, 1.807) is 0 Å². The second-order valence-electron chi connectivity index (χ2n) is 5.00. The number of carboxylic acid groups (broad SMARTS) is 1. The van der Waals surface area contributed by atoms with Crippen molar-refractivity contribution in [3.05, 3.63) is 29.8 Å². The average molecular weight is 278 g/mol. The molecule has 0 bridgehead atoms. The molecule has 110 valence electrons. The van der Waals surface area contributed by atoms with Crippen molar-refractivity contribution in [2.45, 2.75) is 25.9 Å². The number of hydrogen-bond acceptors (Lipinski definition) is 4. The Balaban J connectivity index is 2.35. The number of ether oxygens (including phenoxy) is 1. The summed E-state index contributed by atoms with van der Waals surface area (Å²) >= 11 is 0. The predicted octanol–water partition coefficient (Wildman–Crippen LogP) is 1.50. The number of rotatable bonds is 5. The molecule has 1 aliphatic rings. The monoisotopic (exact) mass is 278 g/mol. The number of aliphatic carboxylic acids is 1. The van der Waals surface area contributed by atoms with Crippen molar-refractivity contribution in [2.75, 3.05) is 26.2 Å². The van der Waals surface area contributed by atoms with Gasteiger partial charge < -0.3 is 15.2 Å². The van der Waals surface area contributed by atoms with E-state index in [1.807, 2.05) is 43.0 Å². The van der Waals surface area contributed by atoms with E-state index in [2.05, 4.69) is 5.32 Å². The van der Waals surface area contributed by atoms with Crippen LogP contribution in [0.25, 0.3) is 0 Å². The second-order valence-corrected chi connectivity index (χ2v) is 5.00. The fraction of sp³-hybridized carbons (Fsp3) is 0.533. The summed E-state index contributed by atoms with van der Waals surface area (Å²) in [5.41, 5.74) is 0.732. The van der Waals surface area contributed by atoms with Crippen molar-refractivity contribution in [2.24, 2.45) is 0 Å². The topological polar surface area (TPSA) is 61.8 Å². The minimum Gasteiger partial charge on any atom is -0.494 e. The Labute approximate surface area is 119 Å². The Morgan fingerprint density at radius 1 is 1.55 bits per heavy atom. The minimum atomic E-state index is -0.828. The highest BCUT2D eigenvalue weighted by Gasteiger charge is 2.34. The van der Waals surface area contributed by atoms with Crippen LogP contribution in [0.15, 0.2) is 24.3 Å². The van der Waals surface area contributed by atoms with Crippen molar-refractivity contribution < 1.29 is 14.6 Å². The number of piperazine rings is 1. The van der Waals surface area contributed by atoms with Crippen LogP contribution in [0.1, 0.15) is 25.5 Å². The maximum Gasteiger partial charge on any atom is 0.325 e. The van der Waals surface area contributed by atoms with E-state index in [1.165, 1.54) is 0 Å². The van der Waals surface area contributed by atoms with Gasteiger partial charge in [0.05, 0.1) is 6.61 Å². The van der Waals surface area contributed by atoms with E-state index in [0.29, 0.717) is 12.4 Å². The SMILES string of the molecule is CCOc1ccccc1C(C(=O)O)N1CCNCC1C. The molecule has 0 aliphatic carbocycles. The summed E-state index contributed by atoms with van der Waals surface area (Å²) in [6, 6.07) is 6.93. The van der Waals surface area contributed by atoms with Crippen LogP contribution in [0.3, 0.4) is 0 Å². The summed E-state index contributed by atoms with van der Waals surface area (Å²) in [5.74, 6) is -0.168. The van der Waals surface area contributed by atoms with Crippen LogP contribution in [0.4, 0.5) is 0 Å². The molecule has 0 spiro atoms. The summed E-state index contributed by atoms with van der Waals surface area (Å²) < 4.78 is 5.59. The lowest BCUT2D eigenvalue weighted by atomic mass is 10.0. The molecule has 0 saturated carbocycles. The van der Waals surface area contributed by atoms with E-state index in [9.17, 15) is 9.90 Å². The molecular weight excluding hydrogens is 256 g/mol. The molecule has 2 rings (SSSR count). The smallest absolute Gasteiger partial charge is 0.325 e. The van der Waals surface area contributed by atoms with Crippen molar-refractivity contribution in [3.63, 3.8) is 0 Å². The molecule has 20 heavy (non-hydrogen) atoms. The zero-order chi connectivity index (χ0) is 14.5. The van der Waals surface area contributed by atoms with Crippen LogP contribution >= 0.6 is 0 Å². The maximum absolute atomic E-state index is 11.8. The molecule has 2 N–H and O–H groups in total. The fourth-order valence-electron chi connectivity index (χ4n) is 2.69. The molecule has 1 aromatic rings. The van der Waals surface area contributed by atoms with Crippen molar-refractivity contribution in [3.8, 4) is 5.75 Å². The highest BCUT2D eigenvalue weighted by atomic mass is 16.5. The van der Waals surface area contributed by atoms with Crippen molar-refractivity contribution in [1.29, 1.82) is 0 Å². The fourth-order valence-corrected chi connectivity index (χ4v) is 2.69. The first-order valence-corrected chi connectivity index (χ1v) is 7.06. The molecule has 2 unspecified atom stereocenters. The number of hydrogen-bond donors (Lipinski definition) is 2. The van der Waals surface area contributed by atoms with Gasteiger partial charge in [0.25, 0.3) is 0 Å². The van der Waals surface area contributed by atoms with Crippen molar-refractivity contribution >= 4 is 5.97 Å². The normalized spacial score (nSPS) is 21.4. The van der Waals surface area contributed by atoms with Crippen LogP contribution < -0.4 is 10.1 Å². The van der Waals surface area contributed by atoms with E-state index < -0.39 is 12.0 Å². The van der Waals surface area contributed by atoms with E-state index in [-0.39, 0.29) is 6.04 Å². The third kappa shape index (κ3) is 3.11. The molecule has 1 heterocycles. The number of para-hydroxylation sites is 1. The average Bonchev–Trinajstić information content (AvgIpc) is 2.43. The number of nitrogens with zero attached hydrogens (tertiary/aromatic N) is 1. The number of nitrogens with one attached hydrogen (secondary N) is 1. The highest BCUT2D eigenvalue weighted by Crippen LogP contribution is 2.31. The molecule has 0 radical (unpaired) electrons. The summed E-state index contributed by atoms with van der Waals surface area (Å²) in [7, 11) is 0. The van der Waals surface area contributed by atoms with Gasteiger partial charge in [-0.2, -0.15) is 0 Å². The molecular formula is C15H22N2O3. The Hall–Kier alpha value is -1.59. The first-order valence-electron chi connectivity index (χ1n) is 7.06. The highest BCUT2D eigenvalue weighted by molar-refractivity contribution is 5.76. The number of benzene rings is 1. The van der Waals surface area contributed by atoms with Crippen LogP contribution in [-0.2, 0) is 4.79 Å². The minimum absolute atomic E-state index is 0.180. The molecule has 2 atom stereocenters. The molecule has 1 fully saturated rings. The summed E-state index contributed by atoms with van der Waals surface area (Å²) in [5, 5.41) is 13.0. The zero-order valence-electron chi connectivity index (χ0n) is 12.0. The third-order valence-electron chi connectivity index (χ3n) is 3.63. The first kappa shape index (κ1) is 14.8. The third-order valence-corrected chi connectivity index (χ3v) is 3.63. The quantitative estimate of drug-likeness (QED) is 0.855. The number of carboxylic acids is 1. The van der Waals surface area contributed by atoms with Gasteiger partial charge in [-0.1, -0.05) is 18.2 Å². The van der Waals surface area contributed by atoms with Gasteiger partial charge in [-0.25, -0.2) is 0 Å². The molecule has 1 aromatic carbocycles. The van der Waals surface area contributed by atoms with E-state index >= 15 is 0 Å². The standard InChI is InChI=1S/C15H22N2O3/c1-3-20-13-7-5-4-6-12(13)14(15(18)19)17-9-8-16-10-11(17)2/h4-7,11,14,16H,3,8-10H2,1-2H3,(H,18,19). The van der Waals surface area contributed by atoms with E-state index in [0.717, 1.165) is 25.2 Å². The second kappa shape index (κ2) is 6.72. The van der Waals surface area contributed by atoms with Gasteiger partial charge in [-0.3, -0.25) is 9.69 Å². The Morgan fingerprint density at radius 3 is 2.95 bits per heavy atom. The predicted molar refractivity (Wildman–Crippen MR) is 77.0 cm³/mol.